The van der Waals surface area contributed by atoms with Gasteiger partial charge in [0, 0.05) is 10.9 Å². The molecule has 6 heteroatoms. The SMILES string of the molecule is COc1cc(C#N)ccc1OCC(=O)N[C@H](c1ccccc1)c1cccs1. The number of carbonyl (C=O) groups is 1. The quantitative estimate of drug-likeness (QED) is 0.677. The number of nitrogens with zero attached hydrogens (tertiary/aromatic N) is 1. The first-order valence-corrected chi connectivity index (χ1v) is 9.18. The zero-order valence-electron chi connectivity index (χ0n) is 14.7. The molecule has 0 aliphatic heterocycles. The van der Waals surface area contributed by atoms with E-state index in [1.807, 2.05) is 53.9 Å². The van der Waals surface area contributed by atoms with Crippen LogP contribution < -0.4 is 14.8 Å². The number of ether oxygens (including phenoxy) is 2. The Morgan fingerprint density at radius 3 is 2.63 bits per heavy atom. The minimum atomic E-state index is -0.247. The Kier molecular flexibility index (Phi) is 6.08. The van der Waals surface area contributed by atoms with Crippen molar-refractivity contribution in [3.05, 3.63) is 82.0 Å². The van der Waals surface area contributed by atoms with Crippen LogP contribution in [0.5, 0.6) is 11.5 Å². The number of benzene rings is 2. The first kappa shape index (κ1) is 18.5. The molecule has 5 nitrogen and oxygen atoms in total. The molecule has 136 valence electrons. The summed E-state index contributed by atoms with van der Waals surface area (Å²) in [5, 5.41) is 14.0. The molecule has 0 aliphatic rings. The maximum absolute atomic E-state index is 12.5. The van der Waals surface area contributed by atoms with Gasteiger partial charge in [-0.2, -0.15) is 5.26 Å². The molecule has 1 aromatic heterocycles. The van der Waals surface area contributed by atoms with Crippen LogP contribution in [0.25, 0.3) is 0 Å². The first-order chi connectivity index (χ1) is 13.2. The number of methoxy groups -OCH3 is 1. The third-order valence-electron chi connectivity index (χ3n) is 3.92. The summed E-state index contributed by atoms with van der Waals surface area (Å²) in [5.41, 5.74) is 1.47. The number of carbonyl (C=O) groups excluding carboxylic acids is 1. The van der Waals surface area contributed by atoms with Crippen LogP contribution in [0.2, 0.25) is 0 Å². The van der Waals surface area contributed by atoms with Gasteiger partial charge in [-0.3, -0.25) is 4.79 Å². The second-order valence-corrected chi connectivity index (χ2v) is 6.67. The van der Waals surface area contributed by atoms with E-state index in [0.29, 0.717) is 17.1 Å². The molecule has 3 rings (SSSR count). The summed E-state index contributed by atoms with van der Waals surface area (Å²) >= 11 is 1.59. The van der Waals surface area contributed by atoms with Crippen molar-refractivity contribution >= 4 is 17.2 Å². The molecule has 1 N–H and O–H groups in total. The van der Waals surface area contributed by atoms with Crippen LogP contribution in [0.4, 0.5) is 0 Å². The predicted molar refractivity (Wildman–Crippen MR) is 104 cm³/mol. The Bertz CT molecular complexity index is 934. The van der Waals surface area contributed by atoms with Crippen molar-refractivity contribution in [2.75, 3.05) is 13.7 Å². The number of nitriles is 1. The summed E-state index contributed by atoms with van der Waals surface area (Å²) in [5.74, 6) is 0.586. The second kappa shape index (κ2) is 8.88. The van der Waals surface area contributed by atoms with E-state index in [2.05, 4.69) is 5.32 Å². The molecular weight excluding hydrogens is 360 g/mol. The van der Waals surface area contributed by atoms with Crippen molar-refractivity contribution in [1.29, 1.82) is 5.26 Å². The molecule has 0 bridgehead atoms. The molecule has 1 heterocycles. The van der Waals surface area contributed by atoms with E-state index in [-0.39, 0.29) is 18.6 Å². The van der Waals surface area contributed by atoms with Gasteiger partial charge in [-0.1, -0.05) is 36.4 Å². The molecule has 2 aromatic carbocycles. The van der Waals surface area contributed by atoms with Gasteiger partial charge in [-0.05, 0) is 29.1 Å². The summed E-state index contributed by atoms with van der Waals surface area (Å²) in [4.78, 5) is 13.5. The predicted octanol–water partition coefficient (Wildman–Crippen LogP) is 3.91. The summed E-state index contributed by atoms with van der Waals surface area (Å²) in [6.45, 7) is -0.156. The van der Waals surface area contributed by atoms with Crippen LogP contribution >= 0.6 is 11.3 Å². The zero-order valence-corrected chi connectivity index (χ0v) is 15.5. The van der Waals surface area contributed by atoms with Crippen molar-refractivity contribution in [3.8, 4) is 17.6 Å². The molecule has 0 aliphatic carbocycles. The van der Waals surface area contributed by atoms with Crippen LogP contribution in [-0.4, -0.2) is 19.6 Å². The van der Waals surface area contributed by atoms with Gasteiger partial charge in [0.15, 0.2) is 18.1 Å². The topological polar surface area (TPSA) is 71.3 Å². The number of nitrogens with one attached hydrogen (secondary N) is 1. The van der Waals surface area contributed by atoms with Gasteiger partial charge >= 0.3 is 0 Å². The van der Waals surface area contributed by atoms with Crippen LogP contribution in [0, 0.1) is 11.3 Å². The number of rotatable bonds is 7. The highest BCUT2D eigenvalue weighted by atomic mass is 32.1. The van der Waals surface area contributed by atoms with Crippen LogP contribution in [-0.2, 0) is 4.79 Å². The second-order valence-electron chi connectivity index (χ2n) is 5.69. The Hall–Kier alpha value is -3.30. The highest BCUT2D eigenvalue weighted by molar-refractivity contribution is 7.10. The average Bonchev–Trinajstić information content (AvgIpc) is 3.25. The number of amides is 1. The maximum atomic E-state index is 12.5. The average molecular weight is 378 g/mol. The van der Waals surface area contributed by atoms with E-state index in [1.54, 1.807) is 29.5 Å². The molecule has 0 radical (unpaired) electrons. The standard InChI is InChI=1S/C21H18N2O3S/c1-25-18-12-15(13-22)9-10-17(18)26-14-20(24)23-21(19-8-5-11-27-19)16-6-3-2-4-7-16/h2-12,21H,14H2,1H3,(H,23,24)/t21-/m1/s1. The van der Waals surface area contributed by atoms with E-state index in [9.17, 15) is 4.79 Å². The molecular formula is C21H18N2O3S. The Morgan fingerprint density at radius 1 is 1.15 bits per heavy atom. The fourth-order valence-electron chi connectivity index (χ4n) is 2.62. The van der Waals surface area contributed by atoms with Gasteiger partial charge in [0.25, 0.3) is 5.91 Å². The Labute approximate surface area is 161 Å². The zero-order chi connectivity index (χ0) is 19.1. The summed E-state index contributed by atoms with van der Waals surface area (Å²) in [6, 6.07) is 20.4. The monoisotopic (exact) mass is 378 g/mol. The lowest BCUT2D eigenvalue weighted by molar-refractivity contribution is -0.123. The lowest BCUT2D eigenvalue weighted by atomic mass is 10.1. The summed E-state index contributed by atoms with van der Waals surface area (Å²) in [6.07, 6.45) is 0. The summed E-state index contributed by atoms with van der Waals surface area (Å²) in [7, 11) is 1.49. The van der Waals surface area contributed by atoms with Crippen molar-refractivity contribution in [3.63, 3.8) is 0 Å². The molecule has 0 spiro atoms. The van der Waals surface area contributed by atoms with Crippen molar-refractivity contribution in [2.45, 2.75) is 6.04 Å². The van der Waals surface area contributed by atoms with Crippen molar-refractivity contribution in [2.24, 2.45) is 0 Å². The van der Waals surface area contributed by atoms with Gasteiger partial charge < -0.3 is 14.8 Å². The van der Waals surface area contributed by atoms with E-state index in [1.165, 1.54) is 7.11 Å². The van der Waals surface area contributed by atoms with E-state index in [0.717, 1.165) is 10.4 Å². The molecule has 1 amide bonds. The maximum Gasteiger partial charge on any atom is 0.258 e. The van der Waals surface area contributed by atoms with E-state index < -0.39 is 0 Å². The summed E-state index contributed by atoms with van der Waals surface area (Å²) < 4.78 is 10.8. The van der Waals surface area contributed by atoms with Gasteiger partial charge in [-0.15, -0.1) is 11.3 Å². The Morgan fingerprint density at radius 2 is 1.96 bits per heavy atom. The Balaban J connectivity index is 1.70. The van der Waals surface area contributed by atoms with Crippen molar-refractivity contribution < 1.29 is 14.3 Å². The number of thiophene rings is 1. The smallest absolute Gasteiger partial charge is 0.258 e. The molecule has 27 heavy (non-hydrogen) atoms. The highest BCUT2D eigenvalue weighted by Crippen LogP contribution is 2.28. The molecule has 0 unspecified atom stereocenters. The fourth-order valence-corrected chi connectivity index (χ4v) is 3.42. The van der Waals surface area contributed by atoms with Crippen LogP contribution in [0.15, 0.2) is 66.0 Å². The lowest BCUT2D eigenvalue weighted by Gasteiger charge is -2.18. The van der Waals surface area contributed by atoms with Gasteiger partial charge in [0.2, 0.25) is 0 Å². The number of hydrogen-bond acceptors (Lipinski definition) is 5. The van der Waals surface area contributed by atoms with E-state index in [4.69, 9.17) is 14.7 Å². The molecule has 0 fully saturated rings. The third-order valence-corrected chi connectivity index (χ3v) is 4.85. The third kappa shape index (κ3) is 4.66. The van der Waals surface area contributed by atoms with Gasteiger partial charge in [0.1, 0.15) is 0 Å². The lowest BCUT2D eigenvalue weighted by Crippen LogP contribution is -2.32. The van der Waals surface area contributed by atoms with Crippen LogP contribution in [0.3, 0.4) is 0 Å². The van der Waals surface area contributed by atoms with Gasteiger partial charge in [0.05, 0.1) is 24.8 Å². The van der Waals surface area contributed by atoms with Gasteiger partial charge in [-0.25, -0.2) is 0 Å². The molecule has 0 saturated heterocycles. The minimum absolute atomic E-state index is 0.156. The largest absolute Gasteiger partial charge is 0.493 e. The normalized spacial score (nSPS) is 11.3. The fraction of sp³-hybridized carbons (Fsp3) is 0.143. The van der Waals surface area contributed by atoms with E-state index >= 15 is 0 Å². The minimum Gasteiger partial charge on any atom is -0.493 e. The number of hydrogen-bond donors (Lipinski definition) is 1. The molecule has 3 aromatic rings. The molecule has 0 saturated carbocycles. The first-order valence-electron chi connectivity index (χ1n) is 8.30. The highest BCUT2D eigenvalue weighted by Gasteiger charge is 2.18. The van der Waals surface area contributed by atoms with Crippen molar-refractivity contribution in [1.82, 2.24) is 5.32 Å². The van der Waals surface area contributed by atoms with Crippen LogP contribution in [0.1, 0.15) is 22.0 Å². The molecule has 1 atom stereocenters.